The molecule has 1 aromatic heterocycles. The van der Waals surface area contributed by atoms with E-state index in [9.17, 15) is 0 Å². The highest BCUT2D eigenvalue weighted by Gasteiger charge is 2.01. The van der Waals surface area contributed by atoms with Gasteiger partial charge >= 0.3 is 0 Å². The Balaban J connectivity index is 1.99. The lowest BCUT2D eigenvalue weighted by atomic mass is 10.5. The monoisotopic (exact) mass is 328 g/mol. The molecule has 0 unspecified atom stereocenters. The van der Waals surface area contributed by atoms with Crippen LogP contribution in [0.1, 0.15) is 12.6 Å². The molecule has 0 spiro atoms. The molecule has 0 amide bonds. The smallest absolute Gasteiger partial charge is 0.108 e. The van der Waals surface area contributed by atoms with E-state index in [4.69, 9.17) is 24.5 Å². The molecule has 0 aliphatic rings. The summed E-state index contributed by atoms with van der Waals surface area (Å²) in [5, 5.41) is 11.4. The van der Waals surface area contributed by atoms with Crippen molar-refractivity contribution in [2.24, 2.45) is 5.11 Å². The Morgan fingerprint density at radius 1 is 1.09 bits per heavy atom. The molecule has 0 radical (unpaired) electrons. The van der Waals surface area contributed by atoms with Crippen molar-refractivity contribution in [3.63, 3.8) is 0 Å². The van der Waals surface area contributed by atoms with E-state index in [0.29, 0.717) is 65.9 Å². The molecule has 1 rings (SSSR count). The molecule has 130 valence electrons. The maximum absolute atomic E-state index is 8.09. The standard InChI is InChI=1S/C13H24N6O4/c1-2-20-7-8-22-6-4-19-11-13(16-18-19)12-23-10-9-21-5-3-15-17-14/h11H,2-10,12H2,1H3. The maximum atomic E-state index is 8.09. The Labute approximate surface area is 135 Å². The lowest BCUT2D eigenvalue weighted by Gasteiger charge is -2.04. The molecule has 0 aromatic carbocycles. The summed E-state index contributed by atoms with van der Waals surface area (Å²) in [4.78, 5) is 2.63. The van der Waals surface area contributed by atoms with E-state index in [0.717, 1.165) is 5.69 Å². The molecule has 0 bridgehead atoms. The number of hydrogen-bond acceptors (Lipinski definition) is 7. The zero-order valence-corrected chi connectivity index (χ0v) is 13.5. The van der Waals surface area contributed by atoms with E-state index in [1.807, 2.05) is 13.1 Å². The van der Waals surface area contributed by atoms with Crippen LogP contribution in [0, 0.1) is 0 Å². The van der Waals surface area contributed by atoms with Crippen LogP contribution in [0.25, 0.3) is 10.4 Å². The normalized spacial score (nSPS) is 10.7. The van der Waals surface area contributed by atoms with Gasteiger partial charge in [-0.15, -0.1) is 5.10 Å². The Morgan fingerprint density at radius 3 is 2.61 bits per heavy atom. The summed E-state index contributed by atoms with van der Waals surface area (Å²) in [7, 11) is 0. The molecule has 0 saturated carbocycles. The second-order valence-corrected chi connectivity index (χ2v) is 4.40. The zero-order valence-electron chi connectivity index (χ0n) is 13.5. The number of nitrogens with zero attached hydrogens (tertiary/aromatic N) is 6. The van der Waals surface area contributed by atoms with Gasteiger partial charge in [-0.2, -0.15) is 0 Å². The number of aromatic nitrogens is 3. The Kier molecular flexibility index (Phi) is 11.7. The first-order chi connectivity index (χ1) is 11.4. The summed E-state index contributed by atoms with van der Waals surface area (Å²) >= 11 is 0. The van der Waals surface area contributed by atoms with E-state index in [-0.39, 0.29) is 0 Å². The van der Waals surface area contributed by atoms with Gasteiger partial charge in [0, 0.05) is 18.1 Å². The van der Waals surface area contributed by atoms with Crippen molar-refractivity contribution in [2.45, 2.75) is 20.1 Å². The highest BCUT2D eigenvalue weighted by atomic mass is 16.5. The third kappa shape index (κ3) is 10.6. The molecule has 1 aromatic rings. The third-order valence-corrected chi connectivity index (χ3v) is 2.65. The topological polar surface area (TPSA) is 116 Å². The largest absolute Gasteiger partial charge is 0.379 e. The predicted octanol–water partition coefficient (Wildman–Crippen LogP) is 1.17. The van der Waals surface area contributed by atoms with Gasteiger partial charge in [0.25, 0.3) is 0 Å². The molecule has 10 nitrogen and oxygen atoms in total. The molecule has 0 aliphatic heterocycles. The average molecular weight is 328 g/mol. The van der Waals surface area contributed by atoms with Crippen LogP contribution in [-0.2, 0) is 32.1 Å². The van der Waals surface area contributed by atoms with Crippen molar-refractivity contribution in [1.29, 1.82) is 0 Å². The zero-order chi connectivity index (χ0) is 16.6. The summed E-state index contributed by atoms with van der Waals surface area (Å²) in [5.74, 6) is 0. The van der Waals surface area contributed by atoms with E-state index in [1.165, 1.54) is 0 Å². The van der Waals surface area contributed by atoms with Crippen LogP contribution in [-0.4, -0.2) is 67.8 Å². The van der Waals surface area contributed by atoms with Gasteiger partial charge in [-0.1, -0.05) is 10.3 Å². The van der Waals surface area contributed by atoms with E-state index in [1.54, 1.807) is 4.68 Å². The van der Waals surface area contributed by atoms with Crippen molar-refractivity contribution in [1.82, 2.24) is 15.0 Å². The minimum absolute atomic E-state index is 0.331. The molecule has 0 fully saturated rings. The van der Waals surface area contributed by atoms with Gasteiger partial charge in [0.15, 0.2) is 0 Å². The Hall–Kier alpha value is -1.71. The quantitative estimate of drug-likeness (QED) is 0.206. The fourth-order valence-corrected chi connectivity index (χ4v) is 1.58. The molecular weight excluding hydrogens is 304 g/mol. The molecule has 0 saturated heterocycles. The number of ether oxygens (including phenoxy) is 4. The van der Waals surface area contributed by atoms with Crippen LogP contribution in [0.4, 0.5) is 0 Å². The van der Waals surface area contributed by atoms with Crippen LogP contribution >= 0.6 is 0 Å². The third-order valence-electron chi connectivity index (χ3n) is 2.65. The molecule has 23 heavy (non-hydrogen) atoms. The minimum Gasteiger partial charge on any atom is -0.379 e. The predicted molar refractivity (Wildman–Crippen MR) is 81.8 cm³/mol. The van der Waals surface area contributed by atoms with Crippen molar-refractivity contribution in [2.75, 3.05) is 52.8 Å². The van der Waals surface area contributed by atoms with E-state index in [2.05, 4.69) is 20.3 Å². The first-order valence-corrected chi connectivity index (χ1v) is 7.57. The molecule has 0 atom stereocenters. The van der Waals surface area contributed by atoms with Gasteiger partial charge in [-0.05, 0) is 12.5 Å². The highest BCUT2D eigenvalue weighted by molar-refractivity contribution is 4.89. The summed E-state index contributed by atoms with van der Waals surface area (Å²) in [6.45, 7) is 7.05. The van der Waals surface area contributed by atoms with Gasteiger partial charge in [-0.25, -0.2) is 4.68 Å². The van der Waals surface area contributed by atoms with Gasteiger partial charge < -0.3 is 18.9 Å². The molecule has 0 N–H and O–H groups in total. The summed E-state index contributed by atoms with van der Waals surface area (Å²) in [6.07, 6.45) is 1.83. The lowest BCUT2D eigenvalue weighted by Crippen LogP contribution is -2.10. The first kappa shape index (κ1) is 19.3. The van der Waals surface area contributed by atoms with Crippen LogP contribution in [0.5, 0.6) is 0 Å². The summed E-state index contributed by atoms with van der Waals surface area (Å²) < 4.78 is 22.9. The summed E-state index contributed by atoms with van der Waals surface area (Å²) in [6, 6.07) is 0. The minimum atomic E-state index is 0.331. The lowest BCUT2D eigenvalue weighted by molar-refractivity contribution is 0.0421. The van der Waals surface area contributed by atoms with Gasteiger partial charge in [-0.3, -0.25) is 0 Å². The SMILES string of the molecule is CCOCCOCCn1cc(COCCOCCN=[N+]=[N-])nn1. The van der Waals surface area contributed by atoms with Gasteiger partial charge in [0.05, 0.1) is 59.0 Å². The highest BCUT2D eigenvalue weighted by Crippen LogP contribution is 1.96. The Morgan fingerprint density at radius 2 is 1.83 bits per heavy atom. The molecular formula is C13H24N6O4. The molecule has 10 heteroatoms. The maximum Gasteiger partial charge on any atom is 0.108 e. The first-order valence-electron chi connectivity index (χ1n) is 7.57. The van der Waals surface area contributed by atoms with Crippen molar-refractivity contribution >= 4 is 0 Å². The second-order valence-electron chi connectivity index (χ2n) is 4.40. The van der Waals surface area contributed by atoms with Crippen LogP contribution in [0.15, 0.2) is 11.3 Å². The van der Waals surface area contributed by atoms with Gasteiger partial charge in [0.2, 0.25) is 0 Å². The fourth-order valence-electron chi connectivity index (χ4n) is 1.58. The van der Waals surface area contributed by atoms with Crippen molar-refractivity contribution in [3.05, 3.63) is 22.3 Å². The van der Waals surface area contributed by atoms with Crippen LogP contribution in [0.3, 0.4) is 0 Å². The van der Waals surface area contributed by atoms with Gasteiger partial charge in [0.1, 0.15) is 5.69 Å². The molecule has 1 heterocycles. The number of rotatable bonds is 15. The second kappa shape index (κ2) is 13.9. The molecule has 0 aliphatic carbocycles. The van der Waals surface area contributed by atoms with E-state index >= 15 is 0 Å². The van der Waals surface area contributed by atoms with Crippen LogP contribution in [0.2, 0.25) is 0 Å². The number of hydrogen-bond donors (Lipinski definition) is 0. The summed E-state index contributed by atoms with van der Waals surface area (Å²) in [5.41, 5.74) is 8.85. The number of azide groups is 1. The van der Waals surface area contributed by atoms with Crippen molar-refractivity contribution < 1.29 is 18.9 Å². The van der Waals surface area contributed by atoms with Crippen molar-refractivity contribution in [3.8, 4) is 0 Å². The fraction of sp³-hybridized carbons (Fsp3) is 0.846. The Bertz CT molecular complexity index is 449. The van der Waals surface area contributed by atoms with E-state index < -0.39 is 0 Å². The van der Waals surface area contributed by atoms with Crippen LogP contribution < -0.4 is 0 Å². The average Bonchev–Trinajstić information content (AvgIpc) is 3.01.